The molecule has 1 atom stereocenters. The molecule has 1 aliphatic heterocycles. The Morgan fingerprint density at radius 3 is 2.33 bits per heavy atom. The Kier molecular flexibility index (Phi) is 3.44. The second kappa shape index (κ2) is 4.60. The normalized spacial score (nSPS) is 21.4. The van der Waals surface area contributed by atoms with Crippen molar-refractivity contribution in [3.63, 3.8) is 0 Å². The monoisotopic (exact) mass is 273 g/mol. The SMILES string of the molecule is Cc1cc(F)cc(C)c1S(=O)(=O)N1CCC(O)C1. The molecule has 1 heterocycles. The Bertz CT molecular complexity index is 548. The highest BCUT2D eigenvalue weighted by Crippen LogP contribution is 2.27. The van der Waals surface area contributed by atoms with Crippen molar-refractivity contribution in [3.8, 4) is 0 Å². The second-order valence-corrected chi connectivity index (χ2v) is 6.55. The predicted octanol–water partition coefficient (Wildman–Crippen LogP) is 1.20. The summed E-state index contributed by atoms with van der Waals surface area (Å²) in [7, 11) is -3.64. The third kappa shape index (κ3) is 2.28. The van der Waals surface area contributed by atoms with Crippen LogP contribution in [0.15, 0.2) is 17.0 Å². The smallest absolute Gasteiger partial charge is 0.243 e. The zero-order valence-corrected chi connectivity index (χ0v) is 11.2. The van der Waals surface area contributed by atoms with Crippen molar-refractivity contribution in [2.75, 3.05) is 13.1 Å². The maximum absolute atomic E-state index is 13.2. The van der Waals surface area contributed by atoms with Gasteiger partial charge in [-0.05, 0) is 43.5 Å². The number of hydrogen-bond donors (Lipinski definition) is 1. The molecule has 1 aromatic carbocycles. The van der Waals surface area contributed by atoms with E-state index in [1.165, 1.54) is 16.4 Å². The Morgan fingerprint density at radius 2 is 1.89 bits per heavy atom. The van der Waals surface area contributed by atoms with Gasteiger partial charge in [0.25, 0.3) is 0 Å². The van der Waals surface area contributed by atoms with E-state index >= 15 is 0 Å². The van der Waals surface area contributed by atoms with Gasteiger partial charge in [-0.3, -0.25) is 0 Å². The highest BCUT2D eigenvalue weighted by Gasteiger charge is 2.33. The summed E-state index contributed by atoms with van der Waals surface area (Å²) in [6.45, 7) is 3.57. The van der Waals surface area contributed by atoms with Crippen LogP contribution >= 0.6 is 0 Å². The number of sulfonamides is 1. The molecule has 0 bridgehead atoms. The summed E-state index contributed by atoms with van der Waals surface area (Å²) in [4.78, 5) is 0.151. The van der Waals surface area contributed by atoms with Gasteiger partial charge in [0.1, 0.15) is 5.82 Å². The number of benzene rings is 1. The lowest BCUT2D eigenvalue weighted by molar-refractivity contribution is 0.189. The second-order valence-electron chi connectivity index (χ2n) is 4.67. The standard InChI is InChI=1S/C12H16FNO3S/c1-8-5-10(13)6-9(2)12(8)18(16,17)14-4-3-11(15)7-14/h5-6,11,15H,3-4,7H2,1-2H3. The van der Waals surface area contributed by atoms with Crippen molar-refractivity contribution in [2.45, 2.75) is 31.3 Å². The molecule has 1 unspecified atom stereocenters. The Labute approximate surface area is 106 Å². The van der Waals surface area contributed by atoms with Crippen LogP contribution in [0.3, 0.4) is 0 Å². The first-order chi connectivity index (χ1) is 8.32. The number of aliphatic hydroxyl groups excluding tert-OH is 1. The minimum Gasteiger partial charge on any atom is -0.392 e. The zero-order valence-electron chi connectivity index (χ0n) is 10.4. The molecule has 4 nitrogen and oxygen atoms in total. The molecule has 1 N–H and O–H groups in total. The Morgan fingerprint density at radius 1 is 1.33 bits per heavy atom. The topological polar surface area (TPSA) is 57.6 Å². The van der Waals surface area contributed by atoms with E-state index in [1.807, 2.05) is 0 Å². The number of rotatable bonds is 2. The van der Waals surface area contributed by atoms with Crippen LogP contribution < -0.4 is 0 Å². The molecule has 1 aliphatic rings. The minimum absolute atomic E-state index is 0.110. The van der Waals surface area contributed by atoms with Crippen molar-refractivity contribution in [2.24, 2.45) is 0 Å². The van der Waals surface area contributed by atoms with Crippen LogP contribution in [0.2, 0.25) is 0 Å². The van der Waals surface area contributed by atoms with Crippen molar-refractivity contribution in [1.29, 1.82) is 0 Å². The van der Waals surface area contributed by atoms with Gasteiger partial charge in [-0.1, -0.05) is 0 Å². The van der Waals surface area contributed by atoms with E-state index in [-0.39, 0.29) is 11.4 Å². The lowest BCUT2D eigenvalue weighted by atomic mass is 10.1. The van der Waals surface area contributed by atoms with Gasteiger partial charge in [-0.15, -0.1) is 0 Å². The molecule has 0 saturated carbocycles. The summed E-state index contributed by atoms with van der Waals surface area (Å²) in [5.74, 6) is -0.439. The molecule has 1 saturated heterocycles. The fraction of sp³-hybridized carbons (Fsp3) is 0.500. The van der Waals surface area contributed by atoms with E-state index in [4.69, 9.17) is 0 Å². The molecule has 0 aliphatic carbocycles. The van der Waals surface area contributed by atoms with Crippen LogP contribution in [0.5, 0.6) is 0 Å². The molecule has 0 amide bonds. The maximum atomic E-state index is 13.2. The molecule has 6 heteroatoms. The highest BCUT2D eigenvalue weighted by atomic mass is 32.2. The summed E-state index contributed by atoms with van der Waals surface area (Å²) in [6.07, 6.45) is -0.167. The van der Waals surface area contributed by atoms with E-state index in [2.05, 4.69) is 0 Å². The average Bonchev–Trinajstić information content (AvgIpc) is 2.63. The third-order valence-electron chi connectivity index (χ3n) is 3.15. The number of nitrogens with zero attached hydrogens (tertiary/aromatic N) is 1. The first-order valence-corrected chi connectivity index (χ1v) is 7.21. The highest BCUT2D eigenvalue weighted by molar-refractivity contribution is 7.89. The maximum Gasteiger partial charge on any atom is 0.243 e. The van der Waals surface area contributed by atoms with Crippen molar-refractivity contribution in [1.82, 2.24) is 4.31 Å². The van der Waals surface area contributed by atoms with Crippen molar-refractivity contribution < 1.29 is 17.9 Å². The molecule has 1 aromatic rings. The van der Waals surface area contributed by atoms with E-state index in [9.17, 15) is 17.9 Å². The van der Waals surface area contributed by atoms with E-state index < -0.39 is 21.9 Å². The molecule has 18 heavy (non-hydrogen) atoms. The van der Waals surface area contributed by atoms with Crippen molar-refractivity contribution >= 4 is 10.0 Å². The van der Waals surface area contributed by atoms with Gasteiger partial charge in [-0.25, -0.2) is 12.8 Å². The number of halogens is 1. The quantitative estimate of drug-likeness (QED) is 0.881. The van der Waals surface area contributed by atoms with Gasteiger partial charge in [-0.2, -0.15) is 4.31 Å². The molecule has 0 aromatic heterocycles. The Balaban J connectivity index is 2.48. The summed E-state index contributed by atoms with van der Waals surface area (Å²) >= 11 is 0. The Hall–Kier alpha value is -0.980. The number of hydrogen-bond acceptors (Lipinski definition) is 3. The minimum atomic E-state index is -3.64. The first kappa shape index (κ1) is 13.5. The predicted molar refractivity (Wildman–Crippen MR) is 65.3 cm³/mol. The molecule has 0 radical (unpaired) electrons. The zero-order chi connectivity index (χ0) is 13.5. The van der Waals surface area contributed by atoms with Gasteiger partial charge >= 0.3 is 0 Å². The first-order valence-electron chi connectivity index (χ1n) is 5.77. The summed E-state index contributed by atoms with van der Waals surface area (Å²) in [5.41, 5.74) is 0.794. The number of aryl methyl sites for hydroxylation is 2. The summed E-state index contributed by atoms with van der Waals surface area (Å²) in [6, 6.07) is 2.43. The third-order valence-corrected chi connectivity index (χ3v) is 5.32. The fourth-order valence-corrected chi connectivity index (χ4v) is 4.27. The van der Waals surface area contributed by atoms with Gasteiger partial charge in [0.15, 0.2) is 0 Å². The molecule has 0 spiro atoms. The largest absolute Gasteiger partial charge is 0.392 e. The lowest BCUT2D eigenvalue weighted by Gasteiger charge is -2.19. The van der Waals surface area contributed by atoms with Crippen LogP contribution in [0.25, 0.3) is 0 Å². The van der Waals surface area contributed by atoms with Gasteiger partial charge in [0, 0.05) is 13.1 Å². The van der Waals surface area contributed by atoms with Crippen LogP contribution in [-0.2, 0) is 10.0 Å². The number of aliphatic hydroxyl groups is 1. The molecule has 1 fully saturated rings. The van der Waals surface area contributed by atoms with E-state index in [1.54, 1.807) is 13.8 Å². The van der Waals surface area contributed by atoms with Gasteiger partial charge in [0.05, 0.1) is 11.0 Å². The molecule has 100 valence electrons. The fourth-order valence-electron chi connectivity index (χ4n) is 2.36. The number of β-amino-alcohol motifs (C(OH)–C–C–N with tert-alkyl or cyclic N) is 1. The average molecular weight is 273 g/mol. The van der Waals surface area contributed by atoms with Crippen LogP contribution in [0, 0.1) is 19.7 Å². The summed E-state index contributed by atoms with van der Waals surface area (Å²) < 4.78 is 39.3. The van der Waals surface area contributed by atoms with Crippen LogP contribution in [-0.4, -0.2) is 37.0 Å². The molecular formula is C12H16FNO3S. The lowest BCUT2D eigenvalue weighted by Crippen LogP contribution is -2.30. The van der Waals surface area contributed by atoms with Gasteiger partial charge in [0.2, 0.25) is 10.0 Å². The molecular weight excluding hydrogens is 257 g/mol. The van der Waals surface area contributed by atoms with Crippen molar-refractivity contribution in [3.05, 3.63) is 29.1 Å². The van der Waals surface area contributed by atoms with Crippen LogP contribution in [0.4, 0.5) is 4.39 Å². The van der Waals surface area contributed by atoms with E-state index in [0.717, 1.165) is 0 Å². The molecule has 2 rings (SSSR count). The van der Waals surface area contributed by atoms with Crippen LogP contribution in [0.1, 0.15) is 17.5 Å². The summed E-state index contributed by atoms with van der Waals surface area (Å²) in [5, 5.41) is 9.43. The van der Waals surface area contributed by atoms with Gasteiger partial charge < -0.3 is 5.11 Å². The van der Waals surface area contributed by atoms with E-state index in [0.29, 0.717) is 24.1 Å².